The van der Waals surface area contributed by atoms with Crippen LogP contribution in [0, 0.1) is 0 Å². The third kappa shape index (κ3) is 3.54. The SMILES string of the molecule is COc1ccccc1CN(C)C(=O)CSc1ncc2ccccn12. The zero-order chi connectivity index (χ0) is 16.9. The topological polar surface area (TPSA) is 46.8 Å². The Morgan fingerprint density at radius 2 is 2.04 bits per heavy atom. The molecule has 1 amide bonds. The van der Waals surface area contributed by atoms with E-state index in [1.54, 1.807) is 19.1 Å². The molecule has 0 aliphatic heterocycles. The maximum absolute atomic E-state index is 12.4. The van der Waals surface area contributed by atoms with Gasteiger partial charge in [0.05, 0.1) is 24.6 Å². The molecule has 0 spiro atoms. The van der Waals surface area contributed by atoms with Crippen LogP contribution in [0.15, 0.2) is 60.0 Å². The molecule has 0 radical (unpaired) electrons. The molecule has 0 unspecified atom stereocenters. The lowest BCUT2D eigenvalue weighted by molar-refractivity contribution is -0.127. The molecule has 2 aromatic heterocycles. The highest BCUT2D eigenvalue weighted by Gasteiger charge is 2.13. The fraction of sp³-hybridized carbons (Fsp3) is 0.222. The Morgan fingerprint density at radius 1 is 1.25 bits per heavy atom. The van der Waals surface area contributed by atoms with E-state index in [-0.39, 0.29) is 5.91 Å². The van der Waals surface area contributed by atoms with Crippen LogP contribution in [0.1, 0.15) is 5.56 Å². The molecule has 0 N–H and O–H groups in total. The van der Waals surface area contributed by atoms with Gasteiger partial charge in [-0.1, -0.05) is 36.0 Å². The Kier molecular flexibility index (Phi) is 5.05. The van der Waals surface area contributed by atoms with Crippen molar-refractivity contribution in [2.24, 2.45) is 0 Å². The van der Waals surface area contributed by atoms with Crippen LogP contribution in [0.3, 0.4) is 0 Å². The zero-order valence-electron chi connectivity index (χ0n) is 13.7. The summed E-state index contributed by atoms with van der Waals surface area (Å²) in [4.78, 5) is 18.5. The number of hydrogen-bond acceptors (Lipinski definition) is 4. The number of nitrogens with zero attached hydrogens (tertiary/aromatic N) is 3. The van der Waals surface area contributed by atoms with Gasteiger partial charge in [-0.2, -0.15) is 0 Å². The first-order valence-corrected chi connectivity index (χ1v) is 8.58. The van der Waals surface area contributed by atoms with E-state index in [2.05, 4.69) is 4.98 Å². The van der Waals surface area contributed by atoms with E-state index < -0.39 is 0 Å². The number of pyridine rings is 1. The lowest BCUT2D eigenvalue weighted by Crippen LogP contribution is -2.28. The van der Waals surface area contributed by atoms with Crippen LogP contribution in [0.5, 0.6) is 5.75 Å². The van der Waals surface area contributed by atoms with E-state index in [4.69, 9.17) is 4.74 Å². The number of imidazole rings is 1. The Bertz CT molecular complexity index is 847. The molecule has 0 aliphatic rings. The lowest BCUT2D eigenvalue weighted by Gasteiger charge is -2.18. The van der Waals surface area contributed by atoms with E-state index in [0.29, 0.717) is 12.3 Å². The molecular weight excluding hydrogens is 322 g/mol. The third-order valence-corrected chi connectivity index (χ3v) is 4.71. The number of methoxy groups -OCH3 is 1. The van der Waals surface area contributed by atoms with Crippen LogP contribution in [0.25, 0.3) is 5.52 Å². The molecule has 0 saturated carbocycles. The van der Waals surface area contributed by atoms with Crippen molar-refractivity contribution < 1.29 is 9.53 Å². The first-order chi connectivity index (χ1) is 11.7. The second-order valence-corrected chi connectivity index (χ2v) is 6.33. The smallest absolute Gasteiger partial charge is 0.233 e. The van der Waals surface area contributed by atoms with Gasteiger partial charge in [-0.3, -0.25) is 9.20 Å². The average molecular weight is 341 g/mol. The number of amides is 1. The van der Waals surface area contributed by atoms with E-state index >= 15 is 0 Å². The molecule has 0 bridgehead atoms. The molecule has 6 heteroatoms. The van der Waals surface area contributed by atoms with Gasteiger partial charge in [-0.05, 0) is 18.2 Å². The van der Waals surface area contributed by atoms with Gasteiger partial charge < -0.3 is 9.64 Å². The van der Waals surface area contributed by atoms with Crippen molar-refractivity contribution in [2.45, 2.75) is 11.7 Å². The first kappa shape index (κ1) is 16.4. The number of ether oxygens (including phenoxy) is 1. The number of aromatic nitrogens is 2. The van der Waals surface area contributed by atoms with E-state index in [1.165, 1.54) is 11.8 Å². The number of thioether (sulfide) groups is 1. The number of benzene rings is 1. The first-order valence-electron chi connectivity index (χ1n) is 7.60. The third-order valence-electron chi connectivity index (χ3n) is 3.76. The monoisotopic (exact) mass is 341 g/mol. The highest BCUT2D eigenvalue weighted by molar-refractivity contribution is 7.99. The van der Waals surface area contributed by atoms with Crippen LogP contribution in [0.4, 0.5) is 0 Å². The van der Waals surface area contributed by atoms with Gasteiger partial charge in [0.25, 0.3) is 0 Å². The molecule has 3 aromatic rings. The molecule has 24 heavy (non-hydrogen) atoms. The molecule has 0 atom stereocenters. The molecule has 124 valence electrons. The lowest BCUT2D eigenvalue weighted by atomic mass is 10.2. The molecule has 2 heterocycles. The largest absolute Gasteiger partial charge is 0.496 e. The molecular formula is C18H19N3O2S. The summed E-state index contributed by atoms with van der Waals surface area (Å²) in [5.74, 6) is 1.20. The average Bonchev–Trinajstić information content (AvgIpc) is 3.03. The zero-order valence-corrected chi connectivity index (χ0v) is 14.5. The van der Waals surface area contributed by atoms with Crippen molar-refractivity contribution in [2.75, 3.05) is 19.9 Å². The maximum Gasteiger partial charge on any atom is 0.233 e. The van der Waals surface area contributed by atoms with Gasteiger partial charge >= 0.3 is 0 Å². The number of rotatable bonds is 6. The summed E-state index contributed by atoms with van der Waals surface area (Å²) in [6.07, 6.45) is 3.76. The van der Waals surface area contributed by atoms with Crippen molar-refractivity contribution in [3.05, 3.63) is 60.4 Å². The highest BCUT2D eigenvalue weighted by atomic mass is 32.2. The summed E-state index contributed by atoms with van der Waals surface area (Å²) in [6.45, 7) is 0.520. The summed E-state index contributed by atoms with van der Waals surface area (Å²) in [7, 11) is 3.44. The Balaban J connectivity index is 1.62. The number of fused-ring (bicyclic) bond motifs is 1. The van der Waals surface area contributed by atoms with Crippen molar-refractivity contribution in [1.82, 2.24) is 14.3 Å². The maximum atomic E-state index is 12.4. The molecule has 1 aromatic carbocycles. The standard InChI is InChI=1S/C18H19N3O2S/c1-20(12-14-7-3-4-9-16(14)23-2)17(22)13-24-18-19-11-15-8-5-6-10-21(15)18/h3-11H,12-13H2,1-2H3. The Hall–Kier alpha value is -2.47. The van der Waals surface area contributed by atoms with Crippen LogP contribution in [-0.4, -0.2) is 40.1 Å². The van der Waals surface area contributed by atoms with Gasteiger partial charge in [-0.25, -0.2) is 4.98 Å². The summed E-state index contributed by atoms with van der Waals surface area (Å²) in [5.41, 5.74) is 2.02. The Morgan fingerprint density at radius 3 is 2.88 bits per heavy atom. The van der Waals surface area contributed by atoms with Crippen molar-refractivity contribution in [3.8, 4) is 5.75 Å². The van der Waals surface area contributed by atoms with Gasteiger partial charge in [0.2, 0.25) is 5.91 Å². The summed E-state index contributed by atoms with van der Waals surface area (Å²) >= 11 is 1.44. The number of hydrogen-bond donors (Lipinski definition) is 0. The predicted molar refractivity (Wildman–Crippen MR) is 95.4 cm³/mol. The molecule has 3 rings (SSSR count). The minimum Gasteiger partial charge on any atom is -0.496 e. The van der Waals surface area contributed by atoms with Crippen LogP contribution >= 0.6 is 11.8 Å². The minimum atomic E-state index is 0.0542. The quantitative estimate of drug-likeness (QED) is 0.647. The Labute approximate surface area is 145 Å². The minimum absolute atomic E-state index is 0.0542. The molecule has 0 fully saturated rings. The number of para-hydroxylation sites is 1. The van der Waals surface area contributed by atoms with E-state index in [0.717, 1.165) is 22.0 Å². The summed E-state index contributed by atoms with van der Waals surface area (Å²) in [6, 6.07) is 13.7. The van der Waals surface area contributed by atoms with E-state index in [1.807, 2.05) is 59.3 Å². The van der Waals surface area contributed by atoms with Crippen molar-refractivity contribution in [1.29, 1.82) is 0 Å². The summed E-state index contributed by atoms with van der Waals surface area (Å²) in [5, 5.41) is 0.824. The van der Waals surface area contributed by atoms with Crippen LogP contribution < -0.4 is 4.74 Å². The van der Waals surface area contributed by atoms with Crippen LogP contribution in [0.2, 0.25) is 0 Å². The van der Waals surface area contributed by atoms with Gasteiger partial charge in [0.15, 0.2) is 5.16 Å². The molecule has 0 aliphatic carbocycles. The second-order valence-electron chi connectivity index (χ2n) is 5.39. The normalized spacial score (nSPS) is 10.8. The second kappa shape index (κ2) is 7.40. The van der Waals surface area contributed by atoms with Crippen molar-refractivity contribution in [3.63, 3.8) is 0 Å². The van der Waals surface area contributed by atoms with Crippen LogP contribution in [-0.2, 0) is 11.3 Å². The molecule has 0 saturated heterocycles. The molecule has 5 nitrogen and oxygen atoms in total. The number of carbonyl (C=O) groups excluding carboxylic acids is 1. The van der Waals surface area contributed by atoms with Crippen molar-refractivity contribution >= 4 is 23.2 Å². The number of carbonyl (C=O) groups is 1. The van der Waals surface area contributed by atoms with E-state index in [9.17, 15) is 4.79 Å². The van der Waals surface area contributed by atoms with Gasteiger partial charge in [0, 0.05) is 25.4 Å². The summed E-state index contributed by atoms with van der Waals surface area (Å²) < 4.78 is 7.32. The van der Waals surface area contributed by atoms with Gasteiger partial charge in [0.1, 0.15) is 5.75 Å². The fourth-order valence-electron chi connectivity index (χ4n) is 2.44. The van der Waals surface area contributed by atoms with Gasteiger partial charge in [-0.15, -0.1) is 0 Å². The highest BCUT2D eigenvalue weighted by Crippen LogP contribution is 2.21. The fourth-order valence-corrected chi connectivity index (χ4v) is 3.35. The predicted octanol–water partition coefficient (Wildman–Crippen LogP) is 3.09.